The molecule has 4 aromatic carbocycles. The number of rotatable bonds is 8. The molecule has 1 aliphatic heterocycles. The van der Waals surface area contributed by atoms with Crippen molar-refractivity contribution in [2.75, 3.05) is 32.0 Å². The Labute approximate surface area is 246 Å². The molecule has 0 aromatic heterocycles. The van der Waals surface area contributed by atoms with Crippen molar-refractivity contribution >= 4 is 17.2 Å². The zero-order valence-corrected chi connectivity index (χ0v) is 24.0. The highest BCUT2D eigenvalue weighted by Crippen LogP contribution is 2.46. The van der Waals surface area contributed by atoms with Crippen molar-refractivity contribution in [3.05, 3.63) is 119 Å². The van der Waals surface area contributed by atoms with E-state index in [0.717, 1.165) is 39.3 Å². The van der Waals surface area contributed by atoms with Crippen LogP contribution >= 0.6 is 0 Å². The van der Waals surface area contributed by atoms with E-state index in [0.29, 0.717) is 42.4 Å². The van der Waals surface area contributed by atoms with Crippen LogP contribution in [-0.2, 0) is 11.4 Å². The Bertz CT molecular complexity index is 1630. The molecule has 2 N–H and O–H groups in total. The number of methoxy groups -OCH3 is 3. The molecule has 2 atom stereocenters. The topological polar surface area (TPSA) is 78.1 Å². The maximum absolute atomic E-state index is 14.0. The average molecular weight is 563 g/mol. The summed E-state index contributed by atoms with van der Waals surface area (Å²) >= 11 is 0. The highest BCUT2D eigenvalue weighted by Gasteiger charge is 2.36. The summed E-state index contributed by atoms with van der Waals surface area (Å²) in [6, 6.07) is 29.5. The third kappa shape index (κ3) is 5.38. The van der Waals surface area contributed by atoms with Gasteiger partial charge in [-0.1, -0.05) is 54.6 Å². The molecule has 0 spiro atoms. The van der Waals surface area contributed by atoms with Crippen molar-refractivity contribution in [1.82, 2.24) is 0 Å². The van der Waals surface area contributed by atoms with Crippen molar-refractivity contribution in [2.24, 2.45) is 0 Å². The van der Waals surface area contributed by atoms with Gasteiger partial charge in [0.1, 0.15) is 6.61 Å². The summed E-state index contributed by atoms with van der Waals surface area (Å²) in [5.74, 6) is 2.67. The van der Waals surface area contributed by atoms with Crippen LogP contribution in [0.15, 0.2) is 102 Å². The first-order valence-corrected chi connectivity index (χ1v) is 14.0. The fourth-order valence-corrected chi connectivity index (χ4v) is 5.81. The predicted molar refractivity (Wildman–Crippen MR) is 164 cm³/mol. The molecule has 7 nitrogen and oxygen atoms in total. The van der Waals surface area contributed by atoms with Gasteiger partial charge in [0.05, 0.1) is 38.7 Å². The molecule has 2 unspecified atom stereocenters. The Morgan fingerprint density at radius 1 is 0.690 bits per heavy atom. The van der Waals surface area contributed by atoms with Crippen LogP contribution in [0, 0.1) is 0 Å². The highest BCUT2D eigenvalue weighted by molar-refractivity contribution is 6.01. The zero-order chi connectivity index (χ0) is 29.1. The SMILES string of the molecule is COc1ccc(C2CC(=O)C3=C(C2)Nc2ccccc2NC3c2ccc(OC)c(OCc3ccccc3)c2)cc1OC. The minimum atomic E-state index is -0.375. The minimum absolute atomic E-state index is 0.00453. The number of carbonyl (C=O) groups is 1. The fraction of sp³-hybridized carbons (Fsp3) is 0.229. The maximum Gasteiger partial charge on any atom is 0.163 e. The Balaban J connectivity index is 1.38. The van der Waals surface area contributed by atoms with Crippen LogP contribution in [-0.4, -0.2) is 27.1 Å². The second-order valence-corrected chi connectivity index (χ2v) is 10.5. The number of nitrogens with one attached hydrogen (secondary N) is 2. The zero-order valence-electron chi connectivity index (χ0n) is 24.0. The smallest absolute Gasteiger partial charge is 0.163 e. The lowest BCUT2D eigenvalue weighted by Crippen LogP contribution is -2.27. The van der Waals surface area contributed by atoms with E-state index in [1.54, 1.807) is 21.3 Å². The van der Waals surface area contributed by atoms with Gasteiger partial charge in [-0.3, -0.25) is 4.79 Å². The van der Waals surface area contributed by atoms with Gasteiger partial charge in [0.2, 0.25) is 0 Å². The predicted octanol–water partition coefficient (Wildman–Crippen LogP) is 7.27. The summed E-state index contributed by atoms with van der Waals surface area (Å²) in [7, 11) is 4.88. The van der Waals surface area contributed by atoms with Gasteiger partial charge < -0.3 is 29.6 Å². The molecule has 42 heavy (non-hydrogen) atoms. The Morgan fingerprint density at radius 2 is 1.33 bits per heavy atom. The van der Waals surface area contributed by atoms with Gasteiger partial charge >= 0.3 is 0 Å². The highest BCUT2D eigenvalue weighted by atomic mass is 16.5. The number of hydrogen-bond acceptors (Lipinski definition) is 7. The molecule has 0 amide bonds. The number of allylic oxidation sites excluding steroid dienone is 1. The van der Waals surface area contributed by atoms with Gasteiger partial charge in [0, 0.05) is 17.7 Å². The molecular weight excluding hydrogens is 528 g/mol. The molecule has 6 rings (SSSR count). The van der Waals surface area contributed by atoms with Gasteiger partial charge in [-0.2, -0.15) is 0 Å². The lowest BCUT2D eigenvalue weighted by Gasteiger charge is -2.30. The second-order valence-electron chi connectivity index (χ2n) is 10.5. The quantitative estimate of drug-likeness (QED) is 0.234. The molecule has 0 radical (unpaired) electrons. The second kappa shape index (κ2) is 11.9. The molecule has 0 saturated carbocycles. The van der Waals surface area contributed by atoms with Crippen molar-refractivity contribution < 1.29 is 23.7 Å². The number of hydrogen-bond donors (Lipinski definition) is 2. The molecule has 2 aliphatic rings. The first-order chi connectivity index (χ1) is 20.6. The van der Waals surface area contributed by atoms with Crippen LogP contribution in [0.2, 0.25) is 0 Å². The normalized spacial score (nSPS) is 17.6. The molecule has 1 heterocycles. The van der Waals surface area contributed by atoms with Crippen molar-refractivity contribution in [2.45, 2.75) is 31.4 Å². The van der Waals surface area contributed by atoms with E-state index >= 15 is 0 Å². The molecule has 0 saturated heterocycles. The van der Waals surface area contributed by atoms with Gasteiger partial charge in [-0.15, -0.1) is 0 Å². The van der Waals surface area contributed by atoms with E-state index in [4.69, 9.17) is 18.9 Å². The number of ether oxygens (including phenoxy) is 4. The molecule has 1 aliphatic carbocycles. The van der Waals surface area contributed by atoms with E-state index in [2.05, 4.69) is 10.6 Å². The van der Waals surface area contributed by atoms with E-state index in [1.165, 1.54) is 0 Å². The van der Waals surface area contributed by atoms with Crippen LogP contribution < -0.4 is 29.6 Å². The molecule has 0 bridgehead atoms. The van der Waals surface area contributed by atoms with Crippen molar-refractivity contribution in [3.8, 4) is 23.0 Å². The molecule has 7 heteroatoms. The summed E-state index contributed by atoms with van der Waals surface area (Å²) < 4.78 is 22.8. The summed E-state index contributed by atoms with van der Waals surface area (Å²) in [6.07, 6.45) is 1.06. The van der Waals surface area contributed by atoms with Crippen LogP contribution in [0.5, 0.6) is 23.0 Å². The van der Waals surface area contributed by atoms with Crippen molar-refractivity contribution in [1.29, 1.82) is 0 Å². The number of para-hydroxylation sites is 2. The van der Waals surface area contributed by atoms with Gasteiger partial charge in [0.15, 0.2) is 28.8 Å². The maximum atomic E-state index is 14.0. The van der Waals surface area contributed by atoms with Crippen LogP contribution in [0.25, 0.3) is 0 Å². The number of carbonyl (C=O) groups excluding carboxylic acids is 1. The number of ketones is 1. The van der Waals surface area contributed by atoms with Crippen LogP contribution in [0.4, 0.5) is 11.4 Å². The lowest BCUT2D eigenvalue weighted by atomic mass is 9.78. The Kier molecular flexibility index (Phi) is 7.73. The van der Waals surface area contributed by atoms with Gasteiger partial charge in [-0.25, -0.2) is 0 Å². The van der Waals surface area contributed by atoms with E-state index in [9.17, 15) is 4.79 Å². The first-order valence-electron chi connectivity index (χ1n) is 14.0. The Hall–Kier alpha value is -4.91. The largest absolute Gasteiger partial charge is 0.493 e. The van der Waals surface area contributed by atoms with Crippen molar-refractivity contribution in [3.63, 3.8) is 0 Å². The number of benzene rings is 4. The van der Waals surface area contributed by atoms with Gasteiger partial charge in [0.25, 0.3) is 0 Å². The number of Topliss-reactive ketones (excluding diaryl/α,β-unsaturated/α-hetero) is 1. The standard InChI is InChI=1S/C35H34N2O5/c1-39-30-15-13-23(19-32(30)41-3)25-17-28-34(29(38)18-25)35(37-27-12-8-7-11-26(27)36-28)24-14-16-31(40-2)33(20-24)42-21-22-9-5-4-6-10-22/h4-16,19-20,25,35-37H,17-18,21H2,1-3H3. The molecule has 4 aromatic rings. The summed E-state index contributed by atoms with van der Waals surface area (Å²) in [5, 5.41) is 7.27. The van der Waals surface area contributed by atoms with Gasteiger partial charge in [-0.05, 0) is 65.4 Å². The van der Waals surface area contributed by atoms with Crippen LogP contribution in [0.3, 0.4) is 0 Å². The summed E-state index contributed by atoms with van der Waals surface area (Å²) in [4.78, 5) is 14.0. The monoisotopic (exact) mass is 562 g/mol. The Morgan fingerprint density at radius 3 is 2.07 bits per heavy atom. The third-order valence-electron chi connectivity index (χ3n) is 7.95. The van der Waals surface area contributed by atoms with E-state index < -0.39 is 0 Å². The minimum Gasteiger partial charge on any atom is -0.493 e. The van der Waals surface area contributed by atoms with Crippen LogP contribution in [0.1, 0.15) is 41.5 Å². The van der Waals surface area contributed by atoms with E-state index in [-0.39, 0.29) is 17.7 Å². The summed E-state index contributed by atoms with van der Waals surface area (Å²) in [6.45, 7) is 0.406. The molecule has 0 fully saturated rings. The summed E-state index contributed by atoms with van der Waals surface area (Å²) in [5.41, 5.74) is 6.53. The number of fused-ring (bicyclic) bond motifs is 1. The molecule has 214 valence electrons. The molecular formula is C35H34N2O5. The average Bonchev–Trinajstić information content (AvgIpc) is 3.21. The third-order valence-corrected chi connectivity index (χ3v) is 7.95. The fourth-order valence-electron chi connectivity index (χ4n) is 5.81. The first kappa shape index (κ1) is 27.3. The number of anilines is 2. The van der Waals surface area contributed by atoms with E-state index in [1.807, 2.05) is 91.0 Å². The lowest BCUT2D eigenvalue weighted by molar-refractivity contribution is -0.116.